The standard InChI is InChI=1S/C24H3F14NO5/c25-4-1-5(26)11(32)19(10(4)31)42-22-16(37)23(43-20-12(33)6(27)2-7(28)13(20)34)18(39(40)41)24(17(22)38)44-21-14(35)8(29)3-9(30)15(21)36/h1-3H. The normalized spacial score (nSPS) is 11.1. The minimum atomic E-state index is -2.83. The summed E-state index contributed by atoms with van der Waals surface area (Å²) in [5.74, 6) is -49.3. The summed E-state index contributed by atoms with van der Waals surface area (Å²) in [4.78, 5) is 9.77. The highest BCUT2D eigenvalue weighted by molar-refractivity contribution is 5.65. The molecule has 0 unspecified atom stereocenters. The van der Waals surface area contributed by atoms with Crippen molar-refractivity contribution in [3.8, 4) is 34.5 Å². The zero-order chi connectivity index (χ0) is 32.9. The van der Waals surface area contributed by atoms with Gasteiger partial charge in [-0.3, -0.25) is 10.1 Å². The van der Waals surface area contributed by atoms with Crippen LogP contribution in [-0.2, 0) is 0 Å². The van der Waals surface area contributed by atoms with Crippen LogP contribution < -0.4 is 14.2 Å². The summed E-state index contributed by atoms with van der Waals surface area (Å²) >= 11 is 0. The van der Waals surface area contributed by atoms with Crippen LogP contribution in [0.15, 0.2) is 18.2 Å². The topological polar surface area (TPSA) is 70.8 Å². The summed E-state index contributed by atoms with van der Waals surface area (Å²) in [5.41, 5.74) is -2.47. The minimum Gasteiger partial charge on any atom is -0.444 e. The van der Waals surface area contributed by atoms with Gasteiger partial charge in [0.1, 0.15) is 0 Å². The van der Waals surface area contributed by atoms with Crippen LogP contribution in [0.25, 0.3) is 0 Å². The molecule has 0 saturated heterocycles. The van der Waals surface area contributed by atoms with Crippen LogP contribution >= 0.6 is 0 Å². The maximum atomic E-state index is 15.5. The van der Waals surface area contributed by atoms with Crippen molar-refractivity contribution < 1.29 is 80.6 Å². The number of ether oxygens (including phenoxy) is 3. The Labute approximate surface area is 231 Å². The molecule has 0 spiro atoms. The van der Waals surface area contributed by atoms with Gasteiger partial charge >= 0.3 is 5.69 Å². The van der Waals surface area contributed by atoms with E-state index >= 15 is 8.78 Å². The van der Waals surface area contributed by atoms with Crippen molar-refractivity contribution in [1.29, 1.82) is 0 Å². The number of rotatable bonds is 7. The molecule has 4 rings (SSSR count). The molecular formula is C24H3F14NO5. The third-order valence-electron chi connectivity index (χ3n) is 5.24. The summed E-state index contributed by atoms with van der Waals surface area (Å²) in [6.45, 7) is 0. The quantitative estimate of drug-likeness (QED) is 0.0864. The van der Waals surface area contributed by atoms with Crippen LogP contribution in [0.2, 0.25) is 0 Å². The third-order valence-corrected chi connectivity index (χ3v) is 5.24. The number of hydrogen-bond donors (Lipinski definition) is 0. The van der Waals surface area contributed by atoms with E-state index in [-0.39, 0.29) is 0 Å². The number of nitrogens with zero attached hydrogens (tertiary/aromatic N) is 1. The van der Waals surface area contributed by atoms with Gasteiger partial charge in [-0.15, -0.1) is 0 Å². The average Bonchev–Trinajstić information content (AvgIpc) is 2.95. The molecule has 0 bridgehead atoms. The second-order valence-electron chi connectivity index (χ2n) is 7.92. The highest BCUT2D eigenvalue weighted by Gasteiger charge is 2.40. The molecule has 4 aromatic carbocycles. The van der Waals surface area contributed by atoms with E-state index in [0.29, 0.717) is 0 Å². The first-order valence-electron chi connectivity index (χ1n) is 10.7. The first-order valence-corrected chi connectivity index (χ1v) is 10.7. The van der Waals surface area contributed by atoms with Gasteiger partial charge in [0.05, 0.1) is 4.92 Å². The smallest absolute Gasteiger partial charge is 0.360 e. The molecule has 4 aromatic rings. The van der Waals surface area contributed by atoms with Crippen LogP contribution in [0.4, 0.5) is 67.2 Å². The van der Waals surface area contributed by atoms with Crippen LogP contribution in [0.5, 0.6) is 34.5 Å². The zero-order valence-corrected chi connectivity index (χ0v) is 20.0. The Morgan fingerprint density at radius 3 is 0.818 bits per heavy atom. The number of nitro groups is 1. The van der Waals surface area contributed by atoms with Crippen LogP contribution in [0, 0.1) is 91.6 Å². The van der Waals surface area contributed by atoms with Crippen molar-refractivity contribution in [3.63, 3.8) is 0 Å². The molecule has 6 nitrogen and oxygen atoms in total. The minimum absolute atomic E-state index is 0.433. The lowest BCUT2D eigenvalue weighted by molar-refractivity contribution is -0.386. The molecule has 232 valence electrons. The first-order chi connectivity index (χ1) is 20.5. The number of hydrogen-bond acceptors (Lipinski definition) is 5. The molecule has 0 N–H and O–H groups in total. The predicted molar refractivity (Wildman–Crippen MR) is 112 cm³/mol. The Kier molecular flexibility index (Phi) is 8.21. The molecule has 0 fully saturated rings. The molecule has 0 radical (unpaired) electrons. The Bertz CT molecular complexity index is 1710. The summed E-state index contributed by atoms with van der Waals surface area (Å²) in [5, 5.41) is 11.8. The Morgan fingerprint density at radius 1 is 0.386 bits per heavy atom. The molecule has 0 amide bonds. The fourth-order valence-corrected chi connectivity index (χ4v) is 3.28. The first kappa shape index (κ1) is 31.6. The van der Waals surface area contributed by atoms with Crippen LogP contribution in [0.3, 0.4) is 0 Å². The maximum Gasteiger partial charge on any atom is 0.360 e. The fourth-order valence-electron chi connectivity index (χ4n) is 3.28. The van der Waals surface area contributed by atoms with Gasteiger partial charge in [0, 0.05) is 18.2 Å². The van der Waals surface area contributed by atoms with Gasteiger partial charge in [-0.05, 0) is 0 Å². The van der Waals surface area contributed by atoms with Gasteiger partial charge in [0.15, 0.2) is 34.9 Å². The van der Waals surface area contributed by atoms with E-state index in [4.69, 9.17) is 0 Å². The lowest BCUT2D eigenvalue weighted by Gasteiger charge is -2.17. The number of nitro benzene ring substituents is 1. The summed E-state index contributed by atoms with van der Waals surface area (Å²) in [6, 6.07) is -1.31. The third kappa shape index (κ3) is 5.22. The maximum absolute atomic E-state index is 15.5. The molecule has 0 aliphatic carbocycles. The number of halogens is 14. The van der Waals surface area contributed by atoms with Crippen molar-refractivity contribution >= 4 is 5.69 Å². The molecule has 0 atom stereocenters. The molecular weight excluding hydrogens is 648 g/mol. The van der Waals surface area contributed by atoms with Gasteiger partial charge in [-0.25, -0.2) is 26.3 Å². The highest BCUT2D eigenvalue weighted by atomic mass is 19.2. The summed E-state index contributed by atoms with van der Waals surface area (Å²) < 4.78 is 211. The average molecular weight is 651 g/mol. The van der Waals surface area contributed by atoms with Crippen molar-refractivity contribution in [2.75, 3.05) is 0 Å². The fraction of sp³-hybridized carbons (Fsp3) is 0. The molecule has 0 aliphatic heterocycles. The Morgan fingerprint density at radius 2 is 0.591 bits per heavy atom. The molecule has 20 heteroatoms. The van der Waals surface area contributed by atoms with E-state index in [1.54, 1.807) is 0 Å². The molecule has 0 aromatic heterocycles. The van der Waals surface area contributed by atoms with Crippen molar-refractivity contribution in [2.24, 2.45) is 0 Å². The monoisotopic (exact) mass is 651 g/mol. The van der Waals surface area contributed by atoms with Gasteiger partial charge in [0.25, 0.3) is 0 Å². The second-order valence-corrected chi connectivity index (χ2v) is 7.92. The van der Waals surface area contributed by atoms with Crippen LogP contribution in [-0.4, -0.2) is 4.92 Å². The van der Waals surface area contributed by atoms with Crippen LogP contribution in [0.1, 0.15) is 0 Å². The van der Waals surface area contributed by atoms with Gasteiger partial charge in [0.2, 0.25) is 81.0 Å². The van der Waals surface area contributed by atoms with E-state index in [2.05, 4.69) is 14.2 Å². The van der Waals surface area contributed by atoms with E-state index in [0.717, 1.165) is 0 Å². The van der Waals surface area contributed by atoms with Crippen molar-refractivity contribution in [2.45, 2.75) is 0 Å². The second kappa shape index (κ2) is 11.4. The van der Waals surface area contributed by atoms with E-state index in [1.807, 2.05) is 0 Å². The Hall–Kier alpha value is -5.30. The van der Waals surface area contributed by atoms with Gasteiger partial charge in [-0.2, -0.15) is 35.1 Å². The molecule has 0 heterocycles. The zero-order valence-electron chi connectivity index (χ0n) is 20.0. The lowest BCUT2D eigenvalue weighted by atomic mass is 10.2. The van der Waals surface area contributed by atoms with E-state index in [9.17, 15) is 62.8 Å². The SMILES string of the molecule is O=[N+]([O-])c1c(Oc2c(F)c(F)cc(F)c2F)c(F)c(Oc2c(F)c(F)cc(F)c2F)c(F)c1Oc1c(F)c(F)cc(F)c1F. The summed E-state index contributed by atoms with van der Waals surface area (Å²) in [6.07, 6.45) is 0. The van der Waals surface area contributed by atoms with Crippen molar-refractivity contribution in [1.82, 2.24) is 0 Å². The van der Waals surface area contributed by atoms with E-state index in [1.165, 1.54) is 0 Å². The number of benzene rings is 4. The molecule has 0 saturated carbocycles. The predicted octanol–water partition coefficient (Wildman–Crippen LogP) is 8.92. The van der Waals surface area contributed by atoms with Gasteiger partial charge in [-0.1, -0.05) is 0 Å². The van der Waals surface area contributed by atoms with Crippen molar-refractivity contribution in [3.05, 3.63) is 110 Å². The highest BCUT2D eigenvalue weighted by Crippen LogP contribution is 2.52. The van der Waals surface area contributed by atoms with Gasteiger partial charge < -0.3 is 14.2 Å². The summed E-state index contributed by atoms with van der Waals surface area (Å²) in [7, 11) is 0. The largest absolute Gasteiger partial charge is 0.444 e. The Balaban J connectivity index is 2.12. The molecule has 0 aliphatic rings. The lowest BCUT2D eigenvalue weighted by Crippen LogP contribution is -2.09. The molecule has 44 heavy (non-hydrogen) atoms. The van der Waals surface area contributed by atoms with E-state index < -0.39 is 145 Å².